The smallest absolute Gasteiger partial charge is 0.416 e. The molecule has 5 nitrogen and oxygen atoms in total. The monoisotopic (exact) mass is 507 g/mol. The molecule has 2 aromatic carbocycles. The molecule has 0 aliphatic carbocycles. The minimum atomic E-state index is -4.30. The number of esters is 1. The molecule has 192 valence electrons. The molecule has 37 heavy (non-hydrogen) atoms. The number of pyridine rings is 1. The molecular weight excluding hydrogens is 479 g/mol. The lowest BCUT2D eigenvalue weighted by Gasteiger charge is -2.32. The molecule has 1 saturated heterocycles. The van der Waals surface area contributed by atoms with Gasteiger partial charge in [0.05, 0.1) is 18.2 Å². The van der Waals surface area contributed by atoms with E-state index < -0.39 is 11.7 Å². The Morgan fingerprint density at radius 3 is 2.27 bits per heavy atom. The van der Waals surface area contributed by atoms with Gasteiger partial charge >= 0.3 is 12.1 Å². The Balaban J connectivity index is 1.19. The first-order valence-corrected chi connectivity index (χ1v) is 12.3. The van der Waals surface area contributed by atoms with E-state index in [1.54, 1.807) is 24.3 Å². The number of ether oxygens (including phenoxy) is 1. The number of benzene rings is 2. The fourth-order valence-corrected chi connectivity index (χ4v) is 4.99. The second kappa shape index (κ2) is 10.4. The van der Waals surface area contributed by atoms with Crippen molar-refractivity contribution < 1.29 is 22.7 Å². The number of carbonyl (C=O) groups excluding carboxylic acids is 1. The Morgan fingerprint density at radius 2 is 1.62 bits per heavy atom. The summed E-state index contributed by atoms with van der Waals surface area (Å²) in [6.07, 6.45) is 1.67. The van der Waals surface area contributed by atoms with Crippen LogP contribution in [0.5, 0.6) is 0 Å². The molecule has 0 bridgehead atoms. The Morgan fingerprint density at radius 1 is 0.973 bits per heavy atom. The van der Waals surface area contributed by atoms with Gasteiger partial charge in [0.1, 0.15) is 5.65 Å². The number of hydrogen-bond donors (Lipinski definition) is 0. The predicted molar refractivity (Wildman–Crippen MR) is 135 cm³/mol. The van der Waals surface area contributed by atoms with Crippen LogP contribution in [0.25, 0.3) is 11.0 Å². The normalized spacial score (nSPS) is 15.2. The molecule has 1 fully saturated rings. The summed E-state index contributed by atoms with van der Waals surface area (Å²) in [6.45, 7) is 3.10. The van der Waals surface area contributed by atoms with E-state index >= 15 is 0 Å². The van der Waals surface area contributed by atoms with Crippen molar-refractivity contribution in [1.82, 2.24) is 14.5 Å². The molecule has 1 aliphatic heterocycles. The van der Waals surface area contributed by atoms with E-state index in [1.165, 1.54) is 12.7 Å². The van der Waals surface area contributed by atoms with Gasteiger partial charge in [-0.25, -0.2) is 9.78 Å². The highest BCUT2D eigenvalue weighted by atomic mass is 19.4. The Labute approximate surface area is 213 Å². The predicted octanol–water partition coefficient (Wildman–Crippen LogP) is 6.27. The molecule has 0 amide bonds. The molecule has 0 saturated carbocycles. The highest BCUT2D eigenvalue weighted by molar-refractivity contribution is 5.89. The van der Waals surface area contributed by atoms with Crippen LogP contribution in [0.15, 0.2) is 73.1 Å². The molecule has 0 spiro atoms. The third-order valence-electron chi connectivity index (χ3n) is 7.10. The number of rotatable bonds is 6. The van der Waals surface area contributed by atoms with Crippen molar-refractivity contribution in [3.63, 3.8) is 0 Å². The summed E-state index contributed by atoms with van der Waals surface area (Å²) in [7, 11) is 1.37. The van der Waals surface area contributed by atoms with E-state index in [0.717, 1.165) is 60.2 Å². The molecule has 0 atom stereocenters. The van der Waals surface area contributed by atoms with E-state index in [0.29, 0.717) is 24.6 Å². The van der Waals surface area contributed by atoms with Crippen molar-refractivity contribution >= 4 is 17.0 Å². The van der Waals surface area contributed by atoms with Crippen LogP contribution in [0.1, 0.15) is 51.4 Å². The van der Waals surface area contributed by atoms with Crippen LogP contribution in [0.2, 0.25) is 0 Å². The molecule has 8 heteroatoms. The number of fused-ring (bicyclic) bond motifs is 1. The standard InChI is InChI=1S/C29H28F3N3O2/c1-37-28(36)23-6-2-21(3-7-23)19-35-15-12-24-16-25(17-33-27(24)35)22-10-13-34(14-11-22)18-20-4-8-26(9-5-20)29(30,31)32/h2-9,12,15-17,22H,10-11,13-14,18-19H2,1H3. The SMILES string of the molecule is COC(=O)c1ccc(Cn2ccc3cc(C4CCN(Cc5ccc(C(F)(F)F)cc5)CC4)cnc32)cc1. The summed E-state index contributed by atoms with van der Waals surface area (Å²) in [4.78, 5) is 18.7. The molecule has 0 N–H and O–H groups in total. The maximum atomic E-state index is 12.8. The van der Waals surface area contributed by atoms with Crippen molar-refractivity contribution in [2.45, 2.75) is 38.0 Å². The van der Waals surface area contributed by atoms with E-state index in [4.69, 9.17) is 9.72 Å². The number of hydrogen-bond acceptors (Lipinski definition) is 4. The average Bonchev–Trinajstić information content (AvgIpc) is 3.30. The van der Waals surface area contributed by atoms with Gasteiger partial charge in [0, 0.05) is 30.9 Å². The van der Waals surface area contributed by atoms with Crippen molar-refractivity contribution in [3.8, 4) is 0 Å². The summed E-state index contributed by atoms with van der Waals surface area (Å²) in [5.74, 6) is 0.0626. The Bertz CT molecular complexity index is 1370. The van der Waals surface area contributed by atoms with Gasteiger partial charge in [-0.1, -0.05) is 24.3 Å². The first-order valence-electron chi connectivity index (χ1n) is 12.3. The van der Waals surface area contributed by atoms with Gasteiger partial charge < -0.3 is 9.30 Å². The molecule has 2 aromatic heterocycles. The fraction of sp³-hybridized carbons (Fsp3) is 0.310. The molecule has 4 aromatic rings. The molecule has 1 aliphatic rings. The quantitative estimate of drug-likeness (QED) is 0.289. The number of likely N-dealkylation sites (tertiary alicyclic amines) is 1. The van der Waals surface area contributed by atoms with E-state index in [2.05, 4.69) is 21.6 Å². The average molecular weight is 508 g/mol. The molecule has 0 unspecified atom stereocenters. The zero-order valence-electron chi connectivity index (χ0n) is 20.5. The van der Waals surface area contributed by atoms with Crippen LogP contribution in [0.4, 0.5) is 13.2 Å². The van der Waals surface area contributed by atoms with Gasteiger partial charge in [0.2, 0.25) is 0 Å². The van der Waals surface area contributed by atoms with E-state index in [9.17, 15) is 18.0 Å². The number of alkyl halides is 3. The molecule has 0 radical (unpaired) electrons. The van der Waals surface area contributed by atoms with Crippen LogP contribution in [0.3, 0.4) is 0 Å². The largest absolute Gasteiger partial charge is 0.465 e. The van der Waals surface area contributed by atoms with Crippen LogP contribution in [-0.2, 0) is 24.0 Å². The van der Waals surface area contributed by atoms with Gasteiger partial charge in [0.15, 0.2) is 0 Å². The second-order valence-corrected chi connectivity index (χ2v) is 9.56. The summed E-state index contributed by atoms with van der Waals surface area (Å²) in [5.41, 5.74) is 4.02. The summed E-state index contributed by atoms with van der Waals surface area (Å²) in [5, 5.41) is 1.09. The summed E-state index contributed by atoms with van der Waals surface area (Å²) >= 11 is 0. The van der Waals surface area contributed by atoms with Crippen LogP contribution in [-0.4, -0.2) is 40.6 Å². The zero-order chi connectivity index (χ0) is 26.0. The number of carbonyl (C=O) groups is 1. The third kappa shape index (κ3) is 5.69. The van der Waals surface area contributed by atoms with Gasteiger partial charge in [0.25, 0.3) is 0 Å². The van der Waals surface area contributed by atoms with Crippen molar-refractivity contribution in [1.29, 1.82) is 0 Å². The number of methoxy groups -OCH3 is 1. The molecule has 5 rings (SSSR count). The van der Waals surface area contributed by atoms with Gasteiger partial charge in [-0.3, -0.25) is 4.90 Å². The topological polar surface area (TPSA) is 47.4 Å². The highest BCUT2D eigenvalue weighted by Crippen LogP contribution is 2.32. The zero-order valence-corrected chi connectivity index (χ0v) is 20.5. The maximum absolute atomic E-state index is 12.8. The van der Waals surface area contributed by atoms with E-state index in [-0.39, 0.29) is 5.97 Å². The number of nitrogens with zero attached hydrogens (tertiary/aromatic N) is 3. The number of aromatic nitrogens is 2. The highest BCUT2D eigenvalue weighted by Gasteiger charge is 2.30. The lowest BCUT2D eigenvalue weighted by Crippen LogP contribution is -2.32. The van der Waals surface area contributed by atoms with Gasteiger partial charge in [-0.2, -0.15) is 13.2 Å². The Kier molecular flexibility index (Phi) is 7.02. The lowest BCUT2D eigenvalue weighted by molar-refractivity contribution is -0.137. The first-order chi connectivity index (χ1) is 17.8. The second-order valence-electron chi connectivity index (χ2n) is 9.56. The van der Waals surface area contributed by atoms with Crippen LogP contribution >= 0.6 is 0 Å². The van der Waals surface area contributed by atoms with Gasteiger partial charge in [-0.05, 0) is 84.9 Å². The van der Waals surface area contributed by atoms with E-state index in [1.807, 2.05) is 24.5 Å². The first kappa shape index (κ1) is 25.0. The maximum Gasteiger partial charge on any atom is 0.416 e. The summed E-state index contributed by atoms with van der Waals surface area (Å²) in [6, 6.07) is 17.1. The molecule has 3 heterocycles. The Hall–Kier alpha value is -3.65. The summed E-state index contributed by atoms with van der Waals surface area (Å²) < 4.78 is 45.2. The minimum absolute atomic E-state index is 0.349. The number of piperidine rings is 1. The van der Waals surface area contributed by atoms with Crippen molar-refractivity contribution in [3.05, 3.63) is 101 Å². The van der Waals surface area contributed by atoms with Crippen LogP contribution in [0, 0.1) is 0 Å². The molecular formula is C29H28F3N3O2. The fourth-order valence-electron chi connectivity index (χ4n) is 4.99. The van der Waals surface area contributed by atoms with Crippen LogP contribution < -0.4 is 0 Å². The minimum Gasteiger partial charge on any atom is -0.465 e. The lowest BCUT2D eigenvalue weighted by atomic mass is 9.90. The third-order valence-corrected chi connectivity index (χ3v) is 7.10. The number of halogens is 3. The van der Waals surface area contributed by atoms with Crippen molar-refractivity contribution in [2.24, 2.45) is 0 Å². The van der Waals surface area contributed by atoms with Gasteiger partial charge in [-0.15, -0.1) is 0 Å². The van der Waals surface area contributed by atoms with Crippen molar-refractivity contribution in [2.75, 3.05) is 20.2 Å².